The summed E-state index contributed by atoms with van der Waals surface area (Å²) in [5.74, 6) is -1.70. The van der Waals surface area contributed by atoms with E-state index < -0.39 is 17.7 Å². The summed E-state index contributed by atoms with van der Waals surface area (Å²) in [4.78, 5) is 31.2. The molecule has 1 unspecified atom stereocenters. The van der Waals surface area contributed by atoms with Crippen LogP contribution >= 0.6 is 0 Å². The molecule has 144 valence electrons. The van der Waals surface area contributed by atoms with Crippen LogP contribution in [0.5, 0.6) is 5.75 Å². The molecule has 1 atom stereocenters. The lowest BCUT2D eigenvalue weighted by Gasteiger charge is -2.25. The molecule has 6 heteroatoms. The fourth-order valence-corrected chi connectivity index (χ4v) is 3.43. The van der Waals surface area contributed by atoms with E-state index in [1.165, 1.54) is 23.2 Å². The number of nitrogens with zero attached hydrogens (tertiary/aromatic N) is 2. The van der Waals surface area contributed by atoms with Crippen LogP contribution in [-0.2, 0) is 9.59 Å². The van der Waals surface area contributed by atoms with E-state index >= 15 is 0 Å². The van der Waals surface area contributed by atoms with Gasteiger partial charge in [0.2, 0.25) is 0 Å². The third-order valence-corrected chi connectivity index (χ3v) is 4.90. The number of aromatic nitrogens is 1. The van der Waals surface area contributed by atoms with Gasteiger partial charge in [0.25, 0.3) is 11.7 Å². The van der Waals surface area contributed by atoms with Crippen molar-refractivity contribution in [1.82, 2.24) is 4.98 Å². The van der Waals surface area contributed by atoms with E-state index in [0.29, 0.717) is 16.8 Å². The normalized spacial score (nSPS) is 18.2. The van der Waals surface area contributed by atoms with Crippen molar-refractivity contribution in [1.29, 1.82) is 0 Å². The average molecular weight is 386 g/mol. The Balaban J connectivity index is 1.94. The highest BCUT2D eigenvalue weighted by Gasteiger charge is 2.47. The molecule has 2 aromatic carbocycles. The smallest absolute Gasteiger partial charge is 0.300 e. The Morgan fingerprint density at radius 2 is 1.69 bits per heavy atom. The Labute approximate surface area is 167 Å². The monoisotopic (exact) mass is 386 g/mol. The summed E-state index contributed by atoms with van der Waals surface area (Å²) in [5.41, 5.74) is 2.47. The summed E-state index contributed by atoms with van der Waals surface area (Å²) >= 11 is 0. The van der Waals surface area contributed by atoms with Gasteiger partial charge in [-0.05, 0) is 36.8 Å². The zero-order valence-corrected chi connectivity index (χ0v) is 15.6. The van der Waals surface area contributed by atoms with Crippen molar-refractivity contribution in [2.45, 2.75) is 13.0 Å². The minimum atomic E-state index is -0.846. The number of hydrogen-bond donors (Lipinski definition) is 2. The molecule has 2 heterocycles. The van der Waals surface area contributed by atoms with Crippen LogP contribution in [0.3, 0.4) is 0 Å². The van der Waals surface area contributed by atoms with Crippen LogP contribution in [0.2, 0.25) is 0 Å². The molecule has 6 nitrogen and oxygen atoms in total. The molecule has 2 N–H and O–H groups in total. The number of aliphatic hydroxyl groups is 1. The van der Waals surface area contributed by atoms with Crippen molar-refractivity contribution < 1.29 is 19.8 Å². The topological polar surface area (TPSA) is 90.7 Å². The number of Topliss-reactive ketones (excluding diaryl/α,β-unsaturated/α-hetero) is 1. The predicted octanol–water partition coefficient (Wildman–Crippen LogP) is 3.72. The van der Waals surface area contributed by atoms with Crippen LogP contribution in [0, 0.1) is 6.92 Å². The number of hydrogen-bond acceptors (Lipinski definition) is 5. The lowest BCUT2D eigenvalue weighted by molar-refractivity contribution is -0.132. The molecule has 1 aliphatic heterocycles. The fraction of sp³-hybridized carbons (Fsp3) is 0.0870. The van der Waals surface area contributed by atoms with Crippen molar-refractivity contribution >= 4 is 23.1 Å². The molecule has 4 rings (SSSR count). The van der Waals surface area contributed by atoms with Crippen molar-refractivity contribution in [3.63, 3.8) is 0 Å². The summed E-state index contributed by atoms with van der Waals surface area (Å²) in [6.07, 6.45) is 3.06. The van der Waals surface area contributed by atoms with E-state index in [0.717, 1.165) is 5.56 Å². The number of carbonyl (C=O) groups excluding carboxylic acids is 2. The Bertz CT molecular complexity index is 1100. The minimum Gasteiger partial charge on any atom is -0.508 e. The van der Waals surface area contributed by atoms with Crippen molar-refractivity contribution in [3.8, 4) is 5.75 Å². The quantitative estimate of drug-likeness (QED) is 0.407. The van der Waals surface area contributed by atoms with Gasteiger partial charge in [-0.15, -0.1) is 0 Å². The maximum atomic E-state index is 12.9. The second kappa shape index (κ2) is 7.24. The number of phenols is 1. The number of pyridine rings is 1. The Hall–Kier alpha value is -3.93. The molecule has 1 aromatic heterocycles. The Morgan fingerprint density at radius 1 is 1.00 bits per heavy atom. The summed E-state index contributed by atoms with van der Waals surface area (Å²) in [5, 5.41) is 20.6. The molecule has 1 fully saturated rings. The van der Waals surface area contributed by atoms with E-state index in [9.17, 15) is 19.8 Å². The number of aryl methyl sites for hydroxylation is 1. The van der Waals surface area contributed by atoms with E-state index in [1.54, 1.807) is 42.6 Å². The molecule has 1 saturated heterocycles. The highest BCUT2D eigenvalue weighted by Crippen LogP contribution is 2.42. The Morgan fingerprint density at radius 3 is 2.31 bits per heavy atom. The fourth-order valence-electron chi connectivity index (χ4n) is 3.43. The van der Waals surface area contributed by atoms with Gasteiger partial charge in [0.15, 0.2) is 0 Å². The number of benzene rings is 2. The second-order valence-corrected chi connectivity index (χ2v) is 6.84. The first-order chi connectivity index (χ1) is 14.0. The number of carbonyl (C=O) groups is 2. The second-order valence-electron chi connectivity index (χ2n) is 6.84. The van der Waals surface area contributed by atoms with Crippen LogP contribution in [0.25, 0.3) is 5.76 Å². The molecule has 0 aliphatic carbocycles. The zero-order valence-electron chi connectivity index (χ0n) is 15.6. The maximum absolute atomic E-state index is 12.9. The van der Waals surface area contributed by atoms with Gasteiger partial charge in [-0.2, -0.15) is 0 Å². The van der Waals surface area contributed by atoms with E-state index in [4.69, 9.17) is 0 Å². The molecule has 3 aromatic rings. The lowest BCUT2D eigenvalue weighted by atomic mass is 9.95. The van der Waals surface area contributed by atoms with Gasteiger partial charge in [-0.3, -0.25) is 19.5 Å². The predicted molar refractivity (Wildman–Crippen MR) is 108 cm³/mol. The highest BCUT2D eigenvalue weighted by atomic mass is 16.3. The third-order valence-electron chi connectivity index (χ3n) is 4.90. The average Bonchev–Trinajstić information content (AvgIpc) is 3.00. The number of anilines is 1. The standard InChI is InChI=1S/C23H18N2O4/c1-14-4-6-16(7-5-14)21(27)19-20(15-8-10-18(26)11-9-15)25(23(29)22(19)28)17-3-2-12-24-13-17/h2-13,20,26-27H,1H3. The van der Waals surface area contributed by atoms with E-state index in [2.05, 4.69) is 4.98 Å². The first-order valence-electron chi connectivity index (χ1n) is 9.04. The minimum absolute atomic E-state index is 0.00611. The molecule has 0 bridgehead atoms. The number of ketones is 1. The molecule has 29 heavy (non-hydrogen) atoms. The van der Waals surface area contributed by atoms with Crippen LogP contribution in [0.1, 0.15) is 22.7 Å². The number of amides is 1. The molecular weight excluding hydrogens is 368 g/mol. The molecule has 1 amide bonds. The van der Waals surface area contributed by atoms with Gasteiger partial charge in [0.1, 0.15) is 11.5 Å². The summed E-state index contributed by atoms with van der Waals surface area (Å²) < 4.78 is 0. The third kappa shape index (κ3) is 3.25. The Kier molecular flexibility index (Phi) is 4.60. The molecular formula is C23H18N2O4. The summed E-state index contributed by atoms with van der Waals surface area (Å²) in [7, 11) is 0. The molecule has 1 aliphatic rings. The maximum Gasteiger partial charge on any atom is 0.300 e. The van der Waals surface area contributed by atoms with Gasteiger partial charge >= 0.3 is 0 Å². The lowest BCUT2D eigenvalue weighted by Crippen LogP contribution is -2.29. The molecule has 0 saturated carbocycles. The zero-order chi connectivity index (χ0) is 20.5. The highest BCUT2D eigenvalue weighted by molar-refractivity contribution is 6.51. The van der Waals surface area contributed by atoms with Gasteiger partial charge in [0, 0.05) is 11.8 Å². The summed E-state index contributed by atoms with van der Waals surface area (Å²) in [6.45, 7) is 1.92. The van der Waals surface area contributed by atoms with Crippen LogP contribution in [-0.4, -0.2) is 26.9 Å². The number of phenolic OH excluding ortho intramolecular Hbond substituents is 1. The van der Waals surface area contributed by atoms with Gasteiger partial charge in [0.05, 0.1) is 23.5 Å². The van der Waals surface area contributed by atoms with Gasteiger partial charge in [-0.25, -0.2) is 0 Å². The number of aliphatic hydroxyl groups excluding tert-OH is 1. The van der Waals surface area contributed by atoms with E-state index in [-0.39, 0.29) is 17.1 Å². The SMILES string of the molecule is Cc1ccc(C(O)=C2C(=O)C(=O)N(c3cccnc3)C2c2ccc(O)cc2)cc1. The largest absolute Gasteiger partial charge is 0.508 e. The van der Waals surface area contributed by atoms with Gasteiger partial charge < -0.3 is 10.2 Å². The van der Waals surface area contributed by atoms with Crippen LogP contribution < -0.4 is 4.90 Å². The summed E-state index contributed by atoms with van der Waals surface area (Å²) in [6, 6.07) is 15.8. The van der Waals surface area contributed by atoms with Crippen molar-refractivity contribution in [2.24, 2.45) is 0 Å². The van der Waals surface area contributed by atoms with Crippen molar-refractivity contribution in [3.05, 3.63) is 95.3 Å². The van der Waals surface area contributed by atoms with Crippen LogP contribution in [0.15, 0.2) is 78.6 Å². The van der Waals surface area contributed by atoms with Crippen molar-refractivity contribution in [2.75, 3.05) is 4.90 Å². The molecule has 0 spiro atoms. The first kappa shape index (κ1) is 18.4. The van der Waals surface area contributed by atoms with Crippen LogP contribution in [0.4, 0.5) is 5.69 Å². The first-order valence-corrected chi connectivity index (χ1v) is 9.04. The van der Waals surface area contributed by atoms with Gasteiger partial charge in [-0.1, -0.05) is 42.0 Å². The number of rotatable bonds is 3. The van der Waals surface area contributed by atoms with E-state index in [1.807, 2.05) is 19.1 Å². The molecule has 0 radical (unpaired) electrons. The number of aromatic hydroxyl groups is 1.